The Hall–Kier alpha value is -2.38. The van der Waals surface area contributed by atoms with Crippen LogP contribution in [0.3, 0.4) is 0 Å². The number of nitrogens with two attached hydrogens (primary N) is 1. The second-order valence-electron chi connectivity index (χ2n) is 5.70. The average molecular weight is 346 g/mol. The van der Waals surface area contributed by atoms with Crippen LogP contribution in [0.15, 0.2) is 47.4 Å². The third kappa shape index (κ3) is 3.27. The first kappa shape index (κ1) is 16.5. The van der Waals surface area contributed by atoms with E-state index in [2.05, 4.69) is 4.90 Å². The normalized spacial score (nSPS) is 13.7. The van der Waals surface area contributed by atoms with Gasteiger partial charge in [0.05, 0.1) is 17.6 Å². The fraction of sp³-hybridized carbons (Fsp3) is 0.235. The number of fused-ring (bicyclic) bond motifs is 1. The molecule has 126 valence electrons. The van der Waals surface area contributed by atoms with Gasteiger partial charge in [-0.3, -0.25) is 0 Å². The van der Waals surface area contributed by atoms with Crippen molar-refractivity contribution < 1.29 is 17.9 Å². The van der Waals surface area contributed by atoms with Crippen molar-refractivity contribution in [2.45, 2.75) is 17.9 Å². The molecule has 0 aliphatic carbocycles. The Labute approximate surface area is 140 Å². The summed E-state index contributed by atoms with van der Waals surface area (Å²) in [5, 5.41) is 5.18. The average Bonchev–Trinajstić information content (AvgIpc) is 2.96. The lowest BCUT2D eigenvalue weighted by atomic mass is 10.1. The highest BCUT2D eigenvalue weighted by Crippen LogP contribution is 2.31. The van der Waals surface area contributed by atoms with Crippen LogP contribution in [0.2, 0.25) is 0 Å². The molecular weight excluding hydrogens is 328 g/mol. The Kier molecular flexibility index (Phi) is 4.29. The summed E-state index contributed by atoms with van der Waals surface area (Å²) in [6, 6.07) is 12.2. The minimum atomic E-state index is -3.69. The molecule has 0 aromatic heterocycles. The molecule has 0 unspecified atom stereocenters. The van der Waals surface area contributed by atoms with Gasteiger partial charge in [-0.1, -0.05) is 12.1 Å². The minimum Gasteiger partial charge on any atom is -0.465 e. The van der Waals surface area contributed by atoms with E-state index < -0.39 is 10.0 Å². The Bertz CT molecular complexity index is 893. The van der Waals surface area contributed by atoms with Gasteiger partial charge in [-0.05, 0) is 47.9 Å². The van der Waals surface area contributed by atoms with E-state index in [1.165, 1.54) is 13.2 Å². The van der Waals surface area contributed by atoms with E-state index in [1.807, 2.05) is 18.2 Å². The number of ether oxygens (including phenoxy) is 1. The van der Waals surface area contributed by atoms with Gasteiger partial charge >= 0.3 is 5.97 Å². The molecule has 2 aromatic carbocycles. The molecule has 3 rings (SSSR count). The Morgan fingerprint density at radius 3 is 2.75 bits per heavy atom. The van der Waals surface area contributed by atoms with Crippen LogP contribution in [-0.4, -0.2) is 28.0 Å². The first-order valence-electron chi connectivity index (χ1n) is 7.46. The molecule has 0 radical (unpaired) electrons. The van der Waals surface area contributed by atoms with Crippen molar-refractivity contribution in [2.24, 2.45) is 5.14 Å². The van der Waals surface area contributed by atoms with Gasteiger partial charge in [-0.15, -0.1) is 0 Å². The van der Waals surface area contributed by atoms with E-state index in [-0.39, 0.29) is 10.9 Å². The molecule has 1 aliphatic heterocycles. The predicted molar refractivity (Wildman–Crippen MR) is 90.4 cm³/mol. The van der Waals surface area contributed by atoms with E-state index >= 15 is 0 Å². The predicted octanol–water partition coefficient (Wildman–Crippen LogP) is 1.68. The number of carbonyl (C=O) groups excluding carboxylic acids is 1. The number of esters is 1. The van der Waals surface area contributed by atoms with Crippen molar-refractivity contribution in [2.75, 3.05) is 18.6 Å². The van der Waals surface area contributed by atoms with Gasteiger partial charge in [-0.25, -0.2) is 18.4 Å². The molecule has 0 fully saturated rings. The second kappa shape index (κ2) is 6.26. The van der Waals surface area contributed by atoms with Crippen LogP contribution in [0.5, 0.6) is 0 Å². The summed E-state index contributed by atoms with van der Waals surface area (Å²) in [4.78, 5) is 13.9. The zero-order chi connectivity index (χ0) is 17.3. The summed E-state index contributed by atoms with van der Waals surface area (Å²) in [7, 11) is -2.33. The van der Waals surface area contributed by atoms with Gasteiger partial charge in [0.25, 0.3) is 0 Å². The maximum atomic E-state index is 11.6. The highest BCUT2D eigenvalue weighted by atomic mass is 32.2. The zero-order valence-corrected chi connectivity index (χ0v) is 14.0. The molecule has 0 saturated heterocycles. The van der Waals surface area contributed by atoms with Crippen molar-refractivity contribution in [3.63, 3.8) is 0 Å². The Morgan fingerprint density at radius 1 is 1.25 bits per heavy atom. The monoisotopic (exact) mass is 346 g/mol. The smallest absolute Gasteiger partial charge is 0.337 e. The fourth-order valence-electron chi connectivity index (χ4n) is 2.92. The maximum absolute atomic E-state index is 11.6. The number of primary sulfonamides is 1. The van der Waals surface area contributed by atoms with E-state index in [1.54, 1.807) is 18.2 Å². The van der Waals surface area contributed by atoms with E-state index in [0.717, 1.165) is 29.8 Å². The number of methoxy groups -OCH3 is 1. The molecule has 0 spiro atoms. The van der Waals surface area contributed by atoms with Gasteiger partial charge in [0.1, 0.15) is 0 Å². The van der Waals surface area contributed by atoms with Crippen LogP contribution in [0.4, 0.5) is 5.69 Å². The van der Waals surface area contributed by atoms with Crippen LogP contribution >= 0.6 is 0 Å². The lowest BCUT2D eigenvalue weighted by molar-refractivity contribution is 0.0600. The van der Waals surface area contributed by atoms with E-state index in [9.17, 15) is 13.2 Å². The zero-order valence-electron chi connectivity index (χ0n) is 13.2. The summed E-state index contributed by atoms with van der Waals surface area (Å²) in [6.07, 6.45) is 0.759. The van der Waals surface area contributed by atoms with Crippen LogP contribution in [0.25, 0.3) is 0 Å². The van der Waals surface area contributed by atoms with Crippen LogP contribution in [-0.2, 0) is 27.7 Å². The number of anilines is 1. The van der Waals surface area contributed by atoms with Gasteiger partial charge in [0.15, 0.2) is 0 Å². The maximum Gasteiger partial charge on any atom is 0.337 e. The number of sulfonamides is 1. The van der Waals surface area contributed by atoms with Crippen LogP contribution in [0, 0.1) is 0 Å². The first-order valence-corrected chi connectivity index (χ1v) is 9.01. The first-order chi connectivity index (χ1) is 11.4. The summed E-state index contributed by atoms with van der Waals surface area (Å²) >= 11 is 0. The lowest BCUT2D eigenvalue weighted by Gasteiger charge is -2.20. The molecule has 0 amide bonds. The molecule has 7 heteroatoms. The number of benzene rings is 2. The van der Waals surface area contributed by atoms with E-state index in [0.29, 0.717) is 12.1 Å². The number of hydrogen-bond acceptors (Lipinski definition) is 5. The number of rotatable bonds is 4. The van der Waals surface area contributed by atoms with Crippen molar-refractivity contribution in [1.29, 1.82) is 0 Å². The van der Waals surface area contributed by atoms with Crippen LogP contribution in [0.1, 0.15) is 21.5 Å². The molecule has 0 bridgehead atoms. The van der Waals surface area contributed by atoms with Crippen molar-refractivity contribution in [1.82, 2.24) is 0 Å². The summed E-state index contributed by atoms with van der Waals surface area (Å²) in [6.45, 7) is 1.42. The highest BCUT2D eigenvalue weighted by molar-refractivity contribution is 7.89. The molecule has 1 aliphatic rings. The second-order valence-corrected chi connectivity index (χ2v) is 7.26. The minimum absolute atomic E-state index is 0.135. The molecule has 0 atom stereocenters. The summed E-state index contributed by atoms with van der Waals surface area (Å²) < 4.78 is 27.7. The number of hydrogen-bond donors (Lipinski definition) is 1. The number of nitrogens with zero attached hydrogens (tertiary/aromatic N) is 1. The highest BCUT2D eigenvalue weighted by Gasteiger charge is 2.21. The lowest BCUT2D eigenvalue weighted by Crippen LogP contribution is -2.20. The largest absolute Gasteiger partial charge is 0.465 e. The van der Waals surface area contributed by atoms with Gasteiger partial charge in [0, 0.05) is 18.8 Å². The van der Waals surface area contributed by atoms with Gasteiger partial charge in [-0.2, -0.15) is 0 Å². The molecule has 6 nitrogen and oxygen atoms in total. The third-order valence-corrected chi connectivity index (χ3v) is 5.00. The third-order valence-electron chi connectivity index (χ3n) is 4.09. The summed E-state index contributed by atoms with van der Waals surface area (Å²) in [5.41, 5.74) is 3.46. The summed E-state index contributed by atoms with van der Waals surface area (Å²) in [5.74, 6) is -0.364. The Morgan fingerprint density at radius 2 is 2.04 bits per heavy atom. The van der Waals surface area contributed by atoms with E-state index in [4.69, 9.17) is 9.88 Å². The molecule has 1 heterocycles. The van der Waals surface area contributed by atoms with Gasteiger partial charge < -0.3 is 9.64 Å². The number of carbonyl (C=O) groups is 1. The SMILES string of the molecule is COC(=O)c1cccc(CN2CCc3cc(S(N)(=O)=O)ccc32)c1. The molecule has 2 aromatic rings. The molecule has 2 N–H and O–H groups in total. The van der Waals surface area contributed by atoms with Crippen molar-refractivity contribution in [3.05, 3.63) is 59.2 Å². The molecule has 24 heavy (non-hydrogen) atoms. The van der Waals surface area contributed by atoms with Gasteiger partial charge in [0.2, 0.25) is 10.0 Å². The van der Waals surface area contributed by atoms with Crippen LogP contribution < -0.4 is 10.0 Å². The topological polar surface area (TPSA) is 89.7 Å². The fourth-order valence-corrected chi connectivity index (χ4v) is 3.49. The standard InChI is InChI=1S/C17H18N2O4S/c1-23-17(20)14-4-2-3-12(9-14)11-19-8-7-13-10-15(24(18,21)22)5-6-16(13)19/h2-6,9-10H,7-8,11H2,1H3,(H2,18,21,22). The quantitative estimate of drug-likeness (QED) is 0.851. The Balaban J connectivity index is 1.84. The molecular formula is C17H18N2O4S. The van der Waals surface area contributed by atoms with Crippen molar-refractivity contribution in [3.8, 4) is 0 Å². The van der Waals surface area contributed by atoms with Crippen molar-refractivity contribution >= 4 is 21.7 Å². The molecule has 0 saturated carbocycles.